The number of benzene rings is 1. The number of nitrogen functional groups attached to an aromatic ring is 1. The molecule has 0 amide bonds. The molecule has 2 rings (SSSR count). The maximum atomic E-state index is 5.97. The molecule has 0 atom stereocenters. The summed E-state index contributed by atoms with van der Waals surface area (Å²) in [4.78, 5) is 8.20. The van der Waals surface area contributed by atoms with Gasteiger partial charge in [-0.3, -0.25) is 0 Å². The second-order valence-corrected chi connectivity index (χ2v) is 4.59. The summed E-state index contributed by atoms with van der Waals surface area (Å²) >= 11 is 15.0. The van der Waals surface area contributed by atoms with E-state index in [1.807, 2.05) is 12.1 Å². The molecule has 0 saturated heterocycles. The van der Waals surface area contributed by atoms with E-state index < -0.39 is 0 Å². The molecule has 0 unspecified atom stereocenters. The molecule has 0 aliphatic rings. The van der Waals surface area contributed by atoms with E-state index in [-0.39, 0.29) is 11.0 Å². The zero-order chi connectivity index (χ0) is 11.7. The Morgan fingerprint density at radius 2 is 1.69 bits per heavy atom. The van der Waals surface area contributed by atoms with Gasteiger partial charge in [0.1, 0.15) is 10.3 Å². The van der Waals surface area contributed by atoms with Crippen LogP contribution in [0.2, 0.25) is 10.2 Å². The molecule has 0 aliphatic heterocycles. The standard InChI is InChI=1S/C10H6BrCl2N3/c11-8-10(14)16-9(13)7(15-8)5-1-3-6(12)4-2-5/h1-4H,(H2,14,16). The van der Waals surface area contributed by atoms with Crippen LogP contribution in [0.3, 0.4) is 0 Å². The molecule has 0 saturated carbocycles. The van der Waals surface area contributed by atoms with Gasteiger partial charge in [-0.1, -0.05) is 35.3 Å². The summed E-state index contributed by atoms with van der Waals surface area (Å²) in [6, 6.07) is 7.17. The molecule has 1 heterocycles. The second kappa shape index (κ2) is 4.57. The van der Waals surface area contributed by atoms with Crippen molar-refractivity contribution in [1.82, 2.24) is 9.97 Å². The Balaban J connectivity index is 2.56. The van der Waals surface area contributed by atoms with Crippen LogP contribution in [0.5, 0.6) is 0 Å². The Hall–Kier alpha value is -0.840. The van der Waals surface area contributed by atoms with E-state index in [1.54, 1.807) is 12.1 Å². The maximum Gasteiger partial charge on any atom is 0.158 e. The van der Waals surface area contributed by atoms with E-state index in [4.69, 9.17) is 28.9 Å². The first-order chi connectivity index (χ1) is 7.58. The van der Waals surface area contributed by atoms with Gasteiger partial charge in [0.15, 0.2) is 11.0 Å². The lowest BCUT2D eigenvalue weighted by molar-refractivity contribution is 1.18. The molecule has 16 heavy (non-hydrogen) atoms. The zero-order valence-corrected chi connectivity index (χ0v) is 11.0. The maximum absolute atomic E-state index is 5.97. The van der Waals surface area contributed by atoms with Gasteiger partial charge in [-0.15, -0.1) is 0 Å². The van der Waals surface area contributed by atoms with E-state index in [1.165, 1.54) is 0 Å². The number of nitrogens with two attached hydrogens (primary N) is 1. The largest absolute Gasteiger partial charge is 0.381 e. The van der Waals surface area contributed by atoms with Crippen molar-refractivity contribution in [3.63, 3.8) is 0 Å². The fourth-order valence-electron chi connectivity index (χ4n) is 1.20. The van der Waals surface area contributed by atoms with E-state index in [9.17, 15) is 0 Å². The molecule has 0 spiro atoms. The molecule has 0 radical (unpaired) electrons. The van der Waals surface area contributed by atoms with Crippen molar-refractivity contribution in [3.05, 3.63) is 39.0 Å². The Labute approximate surface area is 111 Å². The van der Waals surface area contributed by atoms with Crippen molar-refractivity contribution < 1.29 is 0 Å². The summed E-state index contributed by atoms with van der Waals surface area (Å²) < 4.78 is 0.474. The molecule has 2 N–H and O–H groups in total. The first-order valence-corrected chi connectivity index (χ1v) is 5.87. The second-order valence-electron chi connectivity index (χ2n) is 3.05. The summed E-state index contributed by atoms with van der Waals surface area (Å²) in [5, 5.41) is 0.922. The van der Waals surface area contributed by atoms with E-state index >= 15 is 0 Å². The lowest BCUT2D eigenvalue weighted by Gasteiger charge is -2.05. The Kier molecular flexibility index (Phi) is 3.33. The lowest BCUT2D eigenvalue weighted by Crippen LogP contribution is -1.97. The summed E-state index contributed by atoms with van der Waals surface area (Å²) in [5.41, 5.74) is 6.97. The third kappa shape index (κ3) is 2.29. The van der Waals surface area contributed by atoms with Gasteiger partial charge in [0.2, 0.25) is 0 Å². The number of anilines is 1. The number of nitrogens with zero attached hydrogens (tertiary/aromatic N) is 2. The summed E-state index contributed by atoms with van der Waals surface area (Å²) in [5.74, 6) is 0.266. The van der Waals surface area contributed by atoms with Crippen molar-refractivity contribution in [2.24, 2.45) is 0 Å². The van der Waals surface area contributed by atoms with Gasteiger partial charge in [-0.25, -0.2) is 9.97 Å². The van der Waals surface area contributed by atoms with Crippen LogP contribution >= 0.6 is 39.1 Å². The summed E-state index contributed by atoms with van der Waals surface area (Å²) in [7, 11) is 0. The number of rotatable bonds is 1. The van der Waals surface area contributed by atoms with Crippen molar-refractivity contribution in [1.29, 1.82) is 0 Å². The van der Waals surface area contributed by atoms with Crippen LogP contribution in [-0.2, 0) is 0 Å². The van der Waals surface area contributed by atoms with Crippen LogP contribution in [0.25, 0.3) is 11.3 Å². The highest BCUT2D eigenvalue weighted by Gasteiger charge is 2.10. The zero-order valence-electron chi connectivity index (χ0n) is 7.92. The van der Waals surface area contributed by atoms with Gasteiger partial charge >= 0.3 is 0 Å². The lowest BCUT2D eigenvalue weighted by atomic mass is 10.2. The van der Waals surface area contributed by atoms with Gasteiger partial charge in [0.05, 0.1) is 0 Å². The molecule has 6 heteroatoms. The molecule has 82 valence electrons. The fraction of sp³-hybridized carbons (Fsp3) is 0. The first-order valence-electron chi connectivity index (χ1n) is 4.32. The van der Waals surface area contributed by atoms with Crippen molar-refractivity contribution in [2.45, 2.75) is 0 Å². The molecule has 3 nitrogen and oxygen atoms in total. The Bertz CT molecular complexity index is 528. The SMILES string of the molecule is Nc1nc(Cl)c(-c2ccc(Cl)cc2)nc1Br. The van der Waals surface area contributed by atoms with Crippen LogP contribution < -0.4 is 5.73 Å². The van der Waals surface area contributed by atoms with Crippen LogP contribution in [0.15, 0.2) is 28.9 Å². The van der Waals surface area contributed by atoms with Crippen molar-refractivity contribution in [2.75, 3.05) is 5.73 Å². The van der Waals surface area contributed by atoms with Gasteiger partial charge in [0, 0.05) is 10.6 Å². The third-order valence-corrected chi connectivity index (χ3v) is 3.05. The molecule has 0 aliphatic carbocycles. The Morgan fingerprint density at radius 1 is 1.06 bits per heavy atom. The quantitative estimate of drug-likeness (QED) is 0.870. The minimum atomic E-state index is 0.266. The van der Waals surface area contributed by atoms with Gasteiger partial charge in [-0.05, 0) is 28.1 Å². The molecule has 2 aromatic rings. The average molecular weight is 319 g/mol. The smallest absolute Gasteiger partial charge is 0.158 e. The highest BCUT2D eigenvalue weighted by Crippen LogP contribution is 2.29. The number of hydrogen-bond acceptors (Lipinski definition) is 3. The molecule has 1 aromatic carbocycles. The molecular weight excluding hydrogens is 313 g/mol. The van der Waals surface area contributed by atoms with E-state index in [0.29, 0.717) is 15.3 Å². The monoisotopic (exact) mass is 317 g/mol. The topological polar surface area (TPSA) is 51.8 Å². The van der Waals surface area contributed by atoms with Gasteiger partial charge < -0.3 is 5.73 Å². The minimum absolute atomic E-state index is 0.266. The third-order valence-electron chi connectivity index (χ3n) is 1.95. The van der Waals surface area contributed by atoms with Crippen molar-refractivity contribution in [3.8, 4) is 11.3 Å². The molecule has 0 bridgehead atoms. The van der Waals surface area contributed by atoms with Gasteiger partial charge in [-0.2, -0.15) is 0 Å². The molecule has 0 fully saturated rings. The van der Waals surface area contributed by atoms with Crippen LogP contribution in [0.1, 0.15) is 0 Å². The highest BCUT2D eigenvalue weighted by atomic mass is 79.9. The average Bonchev–Trinajstić information content (AvgIpc) is 2.25. The number of hydrogen-bond donors (Lipinski definition) is 1. The predicted molar refractivity (Wildman–Crippen MR) is 69.6 cm³/mol. The molecular formula is C10H6BrCl2N3. The van der Waals surface area contributed by atoms with Crippen LogP contribution in [0, 0.1) is 0 Å². The number of halogens is 3. The number of aromatic nitrogens is 2. The highest BCUT2D eigenvalue weighted by molar-refractivity contribution is 9.10. The van der Waals surface area contributed by atoms with Crippen LogP contribution in [-0.4, -0.2) is 9.97 Å². The van der Waals surface area contributed by atoms with Crippen molar-refractivity contribution >= 4 is 44.9 Å². The Morgan fingerprint density at radius 3 is 2.31 bits per heavy atom. The summed E-state index contributed by atoms with van der Waals surface area (Å²) in [6.07, 6.45) is 0. The normalized spacial score (nSPS) is 10.4. The predicted octanol–water partition coefficient (Wildman–Crippen LogP) is 3.80. The summed E-state index contributed by atoms with van der Waals surface area (Å²) in [6.45, 7) is 0. The van der Waals surface area contributed by atoms with E-state index in [2.05, 4.69) is 25.9 Å². The fourth-order valence-corrected chi connectivity index (χ4v) is 1.83. The first kappa shape index (κ1) is 11.6. The van der Waals surface area contributed by atoms with Gasteiger partial charge in [0.25, 0.3) is 0 Å². The van der Waals surface area contributed by atoms with Crippen LogP contribution in [0.4, 0.5) is 5.82 Å². The molecule has 1 aromatic heterocycles. The van der Waals surface area contributed by atoms with E-state index in [0.717, 1.165) is 5.56 Å². The minimum Gasteiger partial charge on any atom is -0.381 e.